The second-order valence-electron chi connectivity index (χ2n) is 1.43. The van der Waals surface area contributed by atoms with Gasteiger partial charge in [-0.3, -0.25) is 0 Å². The molecule has 52 valence electrons. The molecule has 0 aliphatic carbocycles. The van der Waals surface area contributed by atoms with E-state index in [2.05, 4.69) is 27.3 Å². The molecule has 0 radical (unpaired) electrons. The standard InChI is InChI=1S/C6H6S.Al.2ClH/c7-6-4-2-1-3-5-6;;;/h1-5,7H;;2*1H/q;+3;;/p-3. The van der Waals surface area contributed by atoms with Crippen molar-refractivity contribution in [2.24, 2.45) is 0 Å². The van der Waals surface area contributed by atoms with Crippen molar-refractivity contribution in [1.29, 1.82) is 0 Å². The first-order chi connectivity index (χ1) is 3.93. The minimum Gasteiger partial charge on any atom is -1.00 e. The molecule has 0 heterocycles. The average molecular weight is 207 g/mol. The fraction of sp³-hybridized carbons (Fsp3) is 0. The minimum atomic E-state index is 0. The fourth-order valence-corrected chi connectivity index (χ4v) is 1.28. The van der Waals surface area contributed by atoms with Crippen molar-refractivity contribution in [3.63, 3.8) is 0 Å². The number of hydrogen-bond donors (Lipinski definition) is 0. The normalized spacial score (nSPS) is 7.40. The molecule has 0 aromatic heterocycles. The molecular formula is C6H5AlCl2S. The summed E-state index contributed by atoms with van der Waals surface area (Å²) in [7, 11) is 1.69. The molecule has 0 spiro atoms. The van der Waals surface area contributed by atoms with Crippen LogP contribution >= 0.6 is 10.1 Å². The molecular weight excluding hydrogens is 202 g/mol. The Morgan fingerprint density at radius 2 is 1.50 bits per heavy atom. The van der Waals surface area contributed by atoms with E-state index in [0.29, 0.717) is 0 Å². The third-order valence-electron chi connectivity index (χ3n) is 0.879. The van der Waals surface area contributed by atoms with Gasteiger partial charge < -0.3 is 24.8 Å². The predicted molar refractivity (Wildman–Crippen MR) is 38.1 cm³/mol. The topological polar surface area (TPSA) is 0 Å². The van der Waals surface area contributed by atoms with Crippen LogP contribution in [0.3, 0.4) is 0 Å². The Morgan fingerprint density at radius 3 is 1.80 bits per heavy atom. The van der Waals surface area contributed by atoms with Crippen LogP contribution in [0.15, 0.2) is 35.2 Å². The van der Waals surface area contributed by atoms with Crippen LogP contribution in [0, 0.1) is 0 Å². The molecule has 0 aliphatic heterocycles. The van der Waals surface area contributed by atoms with E-state index >= 15 is 0 Å². The van der Waals surface area contributed by atoms with Crippen molar-refractivity contribution in [3.8, 4) is 0 Å². The Hall–Kier alpha value is 0.682. The molecule has 0 unspecified atom stereocenters. The SMILES string of the molecule is [Al+2][S]c1ccccc1.[Cl-].[Cl-]. The number of hydrogen-bond acceptors (Lipinski definition) is 1. The molecule has 0 bridgehead atoms. The molecule has 0 atom stereocenters. The summed E-state index contributed by atoms with van der Waals surface area (Å²) in [4.78, 5) is 1.29. The summed E-state index contributed by atoms with van der Waals surface area (Å²) >= 11 is 2.61. The maximum absolute atomic E-state index is 2.61. The van der Waals surface area contributed by atoms with Gasteiger partial charge in [0.2, 0.25) is 0 Å². The molecule has 0 saturated heterocycles. The van der Waals surface area contributed by atoms with Crippen LogP contribution in [0.25, 0.3) is 0 Å². The van der Waals surface area contributed by atoms with Crippen LogP contribution in [0.2, 0.25) is 0 Å². The van der Waals surface area contributed by atoms with E-state index in [-0.39, 0.29) is 24.8 Å². The van der Waals surface area contributed by atoms with E-state index in [1.54, 1.807) is 10.1 Å². The Morgan fingerprint density at radius 1 is 1.00 bits per heavy atom. The van der Waals surface area contributed by atoms with Gasteiger partial charge in [0.1, 0.15) is 0 Å². The summed E-state index contributed by atoms with van der Waals surface area (Å²) in [5.41, 5.74) is 0. The van der Waals surface area contributed by atoms with E-state index in [0.717, 1.165) is 0 Å². The van der Waals surface area contributed by atoms with Crippen LogP contribution in [0.4, 0.5) is 0 Å². The van der Waals surface area contributed by atoms with E-state index in [4.69, 9.17) is 0 Å². The largest absolute Gasteiger partial charge is 1.00 e. The first-order valence-electron chi connectivity index (χ1n) is 2.35. The summed E-state index contributed by atoms with van der Waals surface area (Å²) in [6.07, 6.45) is 0. The molecule has 0 saturated carbocycles. The monoisotopic (exact) mass is 206 g/mol. The van der Waals surface area contributed by atoms with Crippen molar-refractivity contribution in [3.05, 3.63) is 30.3 Å². The van der Waals surface area contributed by atoms with E-state index in [1.165, 1.54) is 4.90 Å². The first kappa shape index (κ1) is 13.3. The Kier molecular flexibility index (Phi) is 10.3. The minimum absolute atomic E-state index is 0. The first-order valence-corrected chi connectivity index (χ1v) is 4.64. The van der Waals surface area contributed by atoms with Gasteiger partial charge in [0.25, 0.3) is 0 Å². The summed E-state index contributed by atoms with van der Waals surface area (Å²) in [6.45, 7) is 0. The van der Waals surface area contributed by atoms with Crippen molar-refractivity contribution >= 4 is 25.3 Å². The third-order valence-corrected chi connectivity index (χ3v) is 2.24. The van der Waals surface area contributed by atoms with Crippen LogP contribution in [0.1, 0.15) is 0 Å². The van der Waals surface area contributed by atoms with E-state index in [9.17, 15) is 0 Å². The molecule has 0 N–H and O–H groups in total. The van der Waals surface area contributed by atoms with Gasteiger partial charge in [0.05, 0.1) is 0 Å². The van der Waals surface area contributed by atoms with Gasteiger partial charge >= 0.3 is 60.5 Å². The van der Waals surface area contributed by atoms with Gasteiger partial charge in [-0.05, 0) is 0 Å². The van der Waals surface area contributed by atoms with Gasteiger partial charge in [-0.1, -0.05) is 0 Å². The zero-order valence-electron chi connectivity index (χ0n) is 5.13. The molecule has 4 heteroatoms. The number of benzene rings is 1. The summed E-state index contributed by atoms with van der Waals surface area (Å²) in [5, 5.41) is 0. The Bertz CT molecular complexity index is 157. The molecule has 0 amide bonds. The van der Waals surface area contributed by atoms with Gasteiger partial charge in [-0.15, -0.1) is 0 Å². The van der Waals surface area contributed by atoms with E-state index < -0.39 is 0 Å². The molecule has 1 rings (SSSR count). The van der Waals surface area contributed by atoms with E-state index in [1.807, 2.05) is 18.2 Å². The quantitative estimate of drug-likeness (QED) is 0.421. The predicted octanol–water partition coefficient (Wildman–Crippen LogP) is -4.13. The summed E-state index contributed by atoms with van der Waals surface area (Å²) < 4.78 is 0. The van der Waals surface area contributed by atoms with Crippen LogP contribution in [-0.4, -0.2) is 15.2 Å². The second kappa shape index (κ2) is 7.79. The zero-order valence-corrected chi connectivity index (χ0v) is 8.61. The van der Waals surface area contributed by atoms with Crippen LogP contribution in [0.5, 0.6) is 0 Å². The molecule has 0 aliphatic rings. The maximum Gasteiger partial charge on any atom is -1.00 e. The van der Waals surface area contributed by atoms with Gasteiger partial charge in [0.15, 0.2) is 0 Å². The molecule has 10 heavy (non-hydrogen) atoms. The fourth-order valence-electron chi connectivity index (χ4n) is 0.499. The van der Waals surface area contributed by atoms with Crippen molar-refractivity contribution in [1.82, 2.24) is 0 Å². The summed E-state index contributed by atoms with van der Waals surface area (Å²) in [5.74, 6) is 0. The zero-order chi connectivity index (χ0) is 5.82. The van der Waals surface area contributed by atoms with Crippen molar-refractivity contribution in [2.45, 2.75) is 4.90 Å². The molecule has 1 aromatic rings. The van der Waals surface area contributed by atoms with Gasteiger partial charge in [-0.2, -0.15) is 0 Å². The molecule has 0 nitrogen and oxygen atoms in total. The van der Waals surface area contributed by atoms with Crippen LogP contribution < -0.4 is 24.8 Å². The van der Waals surface area contributed by atoms with Crippen LogP contribution in [-0.2, 0) is 0 Å². The Balaban J connectivity index is 0. The maximum atomic E-state index is 2.61. The smallest absolute Gasteiger partial charge is 1.00 e. The number of rotatable bonds is 1. The number of halogens is 2. The van der Waals surface area contributed by atoms with Crippen molar-refractivity contribution < 1.29 is 24.8 Å². The van der Waals surface area contributed by atoms with Gasteiger partial charge in [0, 0.05) is 0 Å². The Labute approximate surface area is 85.1 Å². The summed E-state index contributed by atoms with van der Waals surface area (Å²) in [6, 6.07) is 10.2. The molecule has 1 aromatic carbocycles. The third kappa shape index (κ3) is 4.49. The molecule has 0 fully saturated rings. The van der Waals surface area contributed by atoms with Gasteiger partial charge in [-0.25, -0.2) is 0 Å². The second-order valence-corrected chi connectivity index (χ2v) is 2.85. The average Bonchev–Trinajstić information content (AvgIpc) is 1.90. The van der Waals surface area contributed by atoms with Crippen molar-refractivity contribution in [2.75, 3.05) is 0 Å².